The monoisotopic (exact) mass is 393 g/mol. The Hall–Kier alpha value is -1.86. The van der Waals surface area contributed by atoms with Crippen LogP contribution in [0.25, 0.3) is 0 Å². The van der Waals surface area contributed by atoms with Crippen molar-refractivity contribution in [3.8, 4) is 0 Å². The molecule has 0 fully saturated rings. The molecule has 0 aliphatic carbocycles. The number of hydrogen-bond donors (Lipinski definition) is 0. The SMILES string of the molecule is CC(CCN=C=O)CC(C)(C)CN=C=O.CCCC(C)(C)CC(C)CN=C=O. The maximum atomic E-state index is 10.00. The zero-order chi connectivity index (χ0) is 22.1. The van der Waals surface area contributed by atoms with Gasteiger partial charge in [0.2, 0.25) is 18.2 Å². The number of hydrogen-bond acceptors (Lipinski definition) is 6. The van der Waals surface area contributed by atoms with Crippen LogP contribution < -0.4 is 0 Å². The van der Waals surface area contributed by atoms with Crippen LogP contribution in [0.3, 0.4) is 0 Å². The first-order valence-corrected chi connectivity index (χ1v) is 10.1. The Kier molecular flexibility index (Phi) is 16.3. The number of rotatable bonds is 13. The Balaban J connectivity index is 0. The molecular formula is C22H39N3O3. The minimum Gasteiger partial charge on any atom is -0.211 e. The van der Waals surface area contributed by atoms with E-state index < -0.39 is 0 Å². The molecule has 0 aliphatic heterocycles. The second kappa shape index (κ2) is 16.1. The molecule has 0 rings (SSSR count). The normalized spacial score (nSPS) is 13.0. The minimum absolute atomic E-state index is 0.00171. The first-order chi connectivity index (χ1) is 13.0. The van der Waals surface area contributed by atoms with Gasteiger partial charge < -0.3 is 0 Å². The van der Waals surface area contributed by atoms with Crippen LogP contribution in [-0.4, -0.2) is 37.9 Å². The van der Waals surface area contributed by atoms with E-state index in [0.29, 0.717) is 36.9 Å². The van der Waals surface area contributed by atoms with Gasteiger partial charge in [0.05, 0.1) is 19.6 Å². The third-order valence-corrected chi connectivity index (χ3v) is 4.57. The third kappa shape index (κ3) is 18.9. The molecule has 0 saturated heterocycles. The highest BCUT2D eigenvalue weighted by molar-refractivity contribution is 5.33. The van der Waals surface area contributed by atoms with E-state index in [1.54, 1.807) is 12.2 Å². The first kappa shape index (κ1) is 28.4. The molecule has 2 unspecified atom stereocenters. The largest absolute Gasteiger partial charge is 0.234 e. The van der Waals surface area contributed by atoms with Gasteiger partial charge in [0, 0.05) is 0 Å². The van der Waals surface area contributed by atoms with Gasteiger partial charge in [-0.25, -0.2) is 29.4 Å². The van der Waals surface area contributed by atoms with Crippen LogP contribution in [0.1, 0.15) is 80.6 Å². The number of isocyanates is 3. The lowest BCUT2D eigenvalue weighted by molar-refractivity contribution is 0.257. The molecule has 0 bridgehead atoms. The molecule has 6 heteroatoms. The van der Waals surface area contributed by atoms with E-state index in [9.17, 15) is 14.4 Å². The fraction of sp³-hybridized carbons (Fsp3) is 0.864. The first-order valence-electron chi connectivity index (χ1n) is 10.1. The minimum atomic E-state index is 0.00171. The van der Waals surface area contributed by atoms with E-state index in [-0.39, 0.29) is 5.41 Å². The van der Waals surface area contributed by atoms with Crippen LogP contribution in [0.4, 0.5) is 0 Å². The van der Waals surface area contributed by atoms with Crippen LogP contribution in [0.15, 0.2) is 15.0 Å². The summed E-state index contributed by atoms with van der Waals surface area (Å²) in [6.45, 7) is 16.8. The van der Waals surface area contributed by atoms with Gasteiger partial charge in [-0.05, 0) is 48.3 Å². The lowest BCUT2D eigenvalue weighted by atomic mass is 9.80. The van der Waals surface area contributed by atoms with Gasteiger partial charge in [0.15, 0.2) is 0 Å². The summed E-state index contributed by atoms with van der Waals surface area (Å²) in [5, 5.41) is 0. The molecular weight excluding hydrogens is 354 g/mol. The summed E-state index contributed by atoms with van der Waals surface area (Å²) in [4.78, 5) is 40.5. The average Bonchev–Trinajstić information content (AvgIpc) is 2.58. The number of nitrogens with zero attached hydrogens (tertiary/aromatic N) is 3. The quantitative estimate of drug-likeness (QED) is 0.315. The summed E-state index contributed by atoms with van der Waals surface area (Å²) in [5.41, 5.74) is 0.383. The molecule has 0 spiro atoms. The van der Waals surface area contributed by atoms with Crippen molar-refractivity contribution in [2.75, 3.05) is 19.6 Å². The summed E-state index contributed by atoms with van der Waals surface area (Å²) in [6.07, 6.45) is 10.1. The topological polar surface area (TPSA) is 88.3 Å². The van der Waals surface area contributed by atoms with Gasteiger partial charge in [0.1, 0.15) is 0 Å². The average molecular weight is 394 g/mol. The van der Waals surface area contributed by atoms with Gasteiger partial charge in [-0.15, -0.1) is 0 Å². The van der Waals surface area contributed by atoms with Crippen LogP contribution >= 0.6 is 0 Å². The Labute approximate surface area is 171 Å². The van der Waals surface area contributed by atoms with E-state index in [0.717, 1.165) is 19.3 Å². The third-order valence-electron chi connectivity index (χ3n) is 4.57. The fourth-order valence-corrected chi connectivity index (χ4v) is 3.67. The molecule has 0 N–H and O–H groups in total. The molecule has 0 heterocycles. The molecule has 6 nitrogen and oxygen atoms in total. The molecule has 0 aliphatic rings. The number of aliphatic imine (C=N–C) groups is 3. The van der Waals surface area contributed by atoms with E-state index in [1.165, 1.54) is 18.9 Å². The molecule has 0 saturated carbocycles. The van der Waals surface area contributed by atoms with Gasteiger partial charge in [-0.3, -0.25) is 0 Å². The maximum absolute atomic E-state index is 10.00. The van der Waals surface area contributed by atoms with Crippen LogP contribution in [-0.2, 0) is 14.4 Å². The van der Waals surface area contributed by atoms with E-state index >= 15 is 0 Å². The Bertz CT molecular complexity index is 553. The van der Waals surface area contributed by atoms with Crippen molar-refractivity contribution in [3.05, 3.63) is 0 Å². The van der Waals surface area contributed by atoms with Gasteiger partial charge in [0.25, 0.3) is 0 Å². The maximum Gasteiger partial charge on any atom is 0.234 e. The van der Waals surface area contributed by atoms with Gasteiger partial charge >= 0.3 is 0 Å². The molecule has 0 aromatic rings. The van der Waals surface area contributed by atoms with Crippen LogP contribution in [0.5, 0.6) is 0 Å². The molecule has 0 radical (unpaired) electrons. The zero-order valence-corrected chi connectivity index (χ0v) is 18.9. The van der Waals surface area contributed by atoms with Crippen LogP contribution in [0, 0.1) is 22.7 Å². The van der Waals surface area contributed by atoms with Crippen molar-refractivity contribution in [2.24, 2.45) is 37.6 Å². The van der Waals surface area contributed by atoms with Crippen molar-refractivity contribution < 1.29 is 14.4 Å². The Morgan fingerprint density at radius 2 is 1.32 bits per heavy atom. The molecule has 0 aromatic carbocycles. The molecule has 28 heavy (non-hydrogen) atoms. The van der Waals surface area contributed by atoms with E-state index in [1.807, 2.05) is 0 Å². The van der Waals surface area contributed by atoms with Crippen LogP contribution in [0.2, 0.25) is 0 Å². The highest BCUT2D eigenvalue weighted by Crippen LogP contribution is 2.30. The van der Waals surface area contributed by atoms with Crippen molar-refractivity contribution in [1.29, 1.82) is 0 Å². The smallest absolute Gasteiger partial charge is 0.211 e. The second-order valence-corrected chi connectivity index (χ2v) is 9.30. The zero-order valence-electron chi connectivity index (χ0n) is 18.9. The molecule has 160 valence electrons. The molecule has 0 amide bonds. The van der Waals surface area contributed by atoms with Crippen molar-refractivity contribution in [3.63, 3.8) is 0 Å². The van der Waals surface area contributed by atoms with Crippen molar-refractivity contribution >= 4 is 18.2 Å². The summed E-state index contributed by atoms with van der Waals surface area (Å²) in [7, 11) is 0. The van der Waals surface area contributed by atoms with Gasteiger partial charge in [-0.1, -0.05) is 54.9 Å². The summed E-state index contributed by atoms with van der Waals surface area (Å²) >= 11 is 0. The Morgan fingerprint density at radius 1 is 0.786 bits per heavy atom. The summed E-state index contributed by atoms with van der Waals surface area (Å²) in [6, 6.07) is 0. The highest BCUT2D eigenvalue weighted by atomic mass is 16.1. The predicted molar refractivity (Wildman–Crippen MR) is 114 cm³/mol. The second-order valence-electron chi connectivity index (χ2n) is 9.30. The van der Waals surface area contributed by atoms with Crippen molar-refractivity contribution in [1.82, 2.24) is 0 Å². The summed E-state index contributed by atoms with van der Waals surface area (Å²) in [5.74, 6) is 0.946. The predicted octanol–water partition coefficient (Wildman–Crippen LogP) is 5.28. The summed E-state index contributed by atoms with van der Waals surface area (Å²) < 4.78 is 0. The lowest BCUT2D eigenvalue weighted by Crippen LogP contribution is -2.19. The van der Waals surface area contributed by atoms with E-state index in [4.69, 9.17) is 0 Å². The van der Waals surface area contributed by atoms with Gasteiger partial charge in [-0.2, -0.15) is 0 Å². The standard InChI is InChI=1S/C11H18N2O2.C11H21NO/c1-10(4-5-12-8-14)6-11(2,3)7-13-9-15;1-5-6-11(3,4)7-10(2)8-12-9-13/h10H,4-7H2,1-3H3;10H,5-8H2,1-4H3. The highest BCUT2D eigenvalue weighted by Gasteiger charge is 2.21. The fourth-order valence-electron chi connectivity index (χ4n) is 3.67. The molecule has 2 atom stereocenters. The Morgan fingerprint density at radius 3 is 1.82 bits per heavy atom. The van der Waals surface area contributed by atoms with Crippen molar-refractivity contribution in [2.45, 2.75) is 80.6 Å². The van der Waals surface area contributed by atoms with E-state index in [2.05, 4.69) is 63.4 Å². The molecule has 0 aromatic heterocycles. The number of carbonyl (C=O) groups excluding carboxylic acids is 3. The lowest BCUT2D eigenvalue weighted by Gasteiger charge is -2.26.